The molecule has 1 amide bonds. The molecule has 1 atom stereocenters. The van der Waals surface area contributed by atoms with Gasteiger partial charge in [0.2, 0.25) is 5.91 Å². The Kier molecular flexibility index (Phi) is 5.13. The number of benzene rings is 1. The fraction of sp³-hybridized carbons (Fsp3) is 0.529. The van der Waals surface area contributed by atoms with Gasteiger partial charge in [0.15, 0.2) is 0 Å². The van der Waals surface area contributed by atoms with Crippen molar-refractivity contribution in [2.24, 2.45) is 5.92 Å². The minimum atomic E-state index is -0.101. The van der Waals surface area contributed by atoms with E-state index in [2.05, 4.69) is 79.7 Å². The topological polar surface area (TPSA) is 72.7 Å². The average Bonchev–Trinajstić information content (AvgIpc) is 2.96. The molecule has 0 aliphatic heterocycles. The number of nitrogens with zero attached hydrogens (tertiary/aromatic N) is 4. The van der Waals surface area contributed by atoms with Crippen molar-refractivity contribution >= 4 is 5.91 Å². The van der Waals surface area contributed by atoms with E-state index in [0.29, 0.717) is 0 Å². The molecule has 0 aliphatic carbocycles. The fourth-order valence-corrected chi connectivity index (χ4v) is 2.44. The fourth-order valence-electron chi connectivity index (χ4n) is 2.44. The van der Waals surface area contributed by atoms with Crippen LogP contribution < -0.4 is 5.32 Å². The first-order chi connectivity index (χ1) is 10.8. The number of carbonyl (C=O) groups is 1. The summed E-state index contributed by atoms with van der Waals surface area (Å²) < 4.78 is 1.41. The van der Waals surface area contributed by atoms with Crippen LogP contribution >= 0.6 is 0 Å². The third-order valence-electron chi connectivity index (χ3n) is 3.82. The predicted octanol–water partition coefficient (Wildman–Crippen LogP) is 2.48. The molecule has 2 rings (SSSR count). The van der Waals surface area contributed by atoms with Crippen LogP contribution in [0.25, 0.3) is 0 Å². The normalized spacial score (nSPS) is 13.1. The molecule has 2 aromatic rings. The van der Waals surface area contributed by atoms with Crippen LogP contribution in [0.1, 0.15) is 51.8 Å². The van der Waals surface area contributed by atoms with Gasteiger partial charge in [0.25, 0.3) is 0 Å². The lowest BCUT2D eigenvalue weighted by Gasteiger charge is -2.25. The van der Waals surface area contributed by atoms with Crippen molar-refractivity contribution in [2.45, 2.75) is 52.6 Å². The second-order valence-corrected chi connectivity index (χ2v) is 7.17. The molecule has 124 valence electrons. The van der Waals surface area contributed by atoms with Gasteiger partial charge in [-0.05, 0) is 32.9 Å². The number of aromatic nitrogens is 4. The van der Waals surface area contributed by atoms with E-state index in [1.165, 1.54) is 16.6 Å². The largest absolute Gasteiger partial charge is 0.347 e. The van der Waals surface area contributed by atoms with Gasteiger partial charge in [-0.3, -0.25) is 4.79 Å². The van der Waals surface area contributed by atoms with E-state index in [-0.39, 0.29) is 29.8 Å². The first-order valence-electron chi connectivity index (χ1n) is 7.88. The second-order valence-electron chi connectivity index (χ2n) is 7.17. The SMILES string of the molecule is CC(C)[C@H](NC(=O)Cn1cnnn1)c1ccc(C(C)(C)C)cc1. The van der Waals surface area contributed by atoms with Crippen molar-refractivity contribution in [1.29, 1.82) is 0 Å². The van der Waals surface area contributed by atoms with Crippen molar-refractivity contribution < 1.29 is 4.79 Å². The van der Waals surface area contributed by atoms with Gasteiger partial charge in [0, 0.05) is 0 Å². The molecule has 23 heavy (non-hydrogen) atoms. The van der Waals surface area contributed by atoms with Crippen molar-refractivity contribution in [2.75, 3.05) is 0 Å². The molecule has 6 nitrogen and oxygen atoms in total. The molecule has 0 saturated heterocycles. The summed E-state index contributed by atoms with van der Waals surface area (Å²) in [6, 6.07) is 8.44. The highest BCUT2D eigenvalue weighted by molar-refractivity contribution is 5.76. The van der Waals surface area contributed by atoms with Gasteiger partial charge in [-0.15, -0.1) is 5.10 Å². The minimum absolute atomic E-state index is 0.0343. The molecule has 1 heterocycles. The zero-order valence-corrected chi connectivity index (χ0v) is 14.4. The van der Waals surface area contributed by atoms with Gasteiger partial charge in [-0.1, -0.05) is 58.9 Å². The summed E-state index contributed by atoms with van der Waals surface area (Å²) in [6.07, 6.45) is 1.43. The second kappa shape index (κ2) is 6.89. The maximum atomic E-state index is 12.2. The van der Waals surface area contributed by atoms with Crippen LogP contribution in [0.4, 0.5) is 0 Å². The Morgan fingerprint density at radius 2 is 1.87 bits per heavy atom. The van der Waals surface area contributed by atoms with Crippen molar-refractivity contribution in [3.63, 3.8) is 0 Å². The molecular weight excluding hydrogens is 290 g/mol. The molecule has 0 unspecified atom stereocenters. The molecule has 1 aromatic carbocycles. The number of carbonyl (C=O) groups excluding carboxylic acids is 1. The number of hydrogen-bond acceptors (Lipinski definition) is 4. The van der Waals surface area contributed by atoms with E-state index in [0.717, 1.165) is 5.56 Å². The van der Waals surface area contributed by atoms with Crippen molar-refractivity contribution in [3.05, 3.63) is 41.7 Å². The van der Waals surface area contributed by atoms with E-state index in [1.807, 2.05) is 0 Å². The molecule has 6 heteroatoms. The maximum Gasteiger partial charge on any atom is 0.242 e. The van der Waals surface area contributed by atoms with Crippen LogP contribution in [0.15, 0.2) is 30.6 Å². The molecule has 0 bridgehead atoms. The number of amides is 1. The summed E-state index contributed by atoms with van der Waals surface area (Å²) in [5, 5.41) is 13.9. The standard InChI is InChI=1S/C17H25N5O/c1-12(2)16(19-15(23)10-22-11-18-20-21-22)13-6-8-14(9-7-13)17(3,4)5/h6-9,11-12,16H,10H2,1-5H3,(H,19,23)/t16-/m0/s1. The number of rotatable bonds is 5. The highest BCUT2D eigenvalue weighted by Crippen LogP contribution is 2.26. The maximum absolute atomic E-state index is 12.2. The first-order valence-corrected chi connectivity index (χ1v) is 7.88. The molecular formula is C17H25N5O. The van der Waals surface area contributed by atoms with Crippen molar-refractivity contribution in [3.8, 4) is 0 Å². The van der Waals surface area contributed by atoms with Gasteiger partial charge in [-0.25, -0.2) is 4.68 Å². The molecule has 0 fully saturated rings. The number of nitrogens with one attached hydrogen (secondary N) is 1. The molecule has 0 radical (unpaired) electrons. The van der Waals surface area contributed by atoms with E-state index in [4.69, 9.17) is 0 Å². The molecule has 0 aliphatic rings. The van der Waals surface area contributed by atoms with Crippen LogP contribution in [-0.2, 0) is 16.8 Å². The summed E-state index contributed by atoms with van der Waals surface area (Å²) in [4.78, 5) is 12.2. The number of tetrazole rings is 1. The third kappa shape index (κ3) is 4.61. The van der Waals surface area contributed by atoms with E-state index >= 15 is 0 Å². The highest BCUT2D eigenvalue weighted by Gasteiger charge is 2.20. The average molecular weight is 315 g/mol. The molecule has 0 saturated carbocycles. The summed E-state index contributed by atoms with van der Waals surface area (Å²) in [5.74, 6) is 0.184. The quantitative estimate of drug-likeness (QED) is 0.920. The van der Waals surface area contributed by atoms with Crippen LogP contribution in [0.5, 0.6) is 0 Å². The van der Waals surface area contributed by atoms with Gasteiger partial charge in [0.1, 0.15) is 12.9 Å². The Bertz CT molecular complexity index is 626. The Balaban J connectivity index is 2.10. The van der Waals surface area contributed by atoms with E-state index in [9.17, 15) is 4.79 Å². The van der Waals surface area contributed by atoms with Crippen LogP contribution in [0.2, 0.25) is 0 Å². The lowest BCUT2D eigenvalue weighted by Crippen LogP contribution is -2.34. The number of hydrogen-bond donors (Lipinski definition) is 1. The lowest BCUT2D eigenvalue weighted by atomic mass is 9.85. The lowest BCUT2D eigenvalue weighted by molar-refractivity contribution is -0.123. The van der Waals surface area contributed by atoms with Crippen LogP contribution in [0, 0.1) is 5.92 Å². The van der Waals surface area contributed by atoms with Crippen LogP contribution in [-0.4, -0.2) is 26.1 Å². The predicted molar refractivity (Wildman–Crippen MR) is 88.7 cm³/mol. The van der Waals surface area contributed by atoms with Gasteiger partial charge >= 0.3 is 0 Å². The summed E-state index contributed by atoms with van der Waals surface area (Å²) in [6.45, 7) is 10.9. The minimum Gasteiger partial charge on any atom is -0.347 e. The Labute approximate surface area is 137 Å². The van der Waals surface area contributed by atoms with E-state index < -0.39 is 0 Å². The first kappa shape index (κ1) is 17.1. The summed E-state index contributed by atoms with van der Waals surface area (Å²) >= 11 is 0. The highest BCUT2D eigenvalue weighted by atomic mass is 16.2. The summed E-state index contributed by atoms with van der Waals surface area (Å²) in [7, 11) is 0. The van der Waals surface area contributed by atoms with Gasteiger partial charge < -0.3 is 5.32 Å². The molecule has 1 N–H and O–H groups in total. The zero-order chi connectivity index (χ0) is 17.0. The summed E-state index contributed by atoms with van der Waals surface area (Å²) in [5.41, 5.74) is 2.51. The molecule has 0 spiro atoms. The zero-order valence-electron chi connectivity index (χ0n) is 14.4. The Morgan fingerprint density at radius 3 is 2.35 bits per heavy atom. The van der Waals surface area contributed by atoms with Crippen molar-refractivity contribution in [1.82, 2.24) is 25.5 Å². The van der Waals surface area contributed by atoms with Gasteiger partial charge in [-0.2, -0.15) is 0 Å². The van der Waals surface area contributed by atoms with Gasteiger partial charge in [0.05, 0.1) is 6.04 Å². The third-order valence-corrected chi connectivity index (χ3v) is 3.82. The Hall–Kier alpha value is -2.24. The molecule has 1 aromatic heterocycles. The Morgan fingerprint density at radius 1 is 1.22 bits per heavy atom. The smallest absolute Gasteiger partial charge is 0.242 e. The van der Waals surface area contributed by atoms with E-state index in [1.54, 1.807) is 0 Å². The van der Waals surface area contributed by atoms with Crippen LogP contribution in [0.3, 0.4) is 0 Å². The monoisotopic (exact) mass is 315 g/mol.